The number of hydrogen-bond acceptors (Lipinski definition) is 9. The average molecular weight is 711 g/mol. The molecule has 3 aromatic rings. The number of benzene rings is 3. The molecule has 1 fully saturated rings. The summed E-state index contributed by atoms with van der Waals surface area (Å²) < 4.78 is 12.4. The van der Waals surface area contributed by atoms with Gasteiger partial charge in [-0.05, 0) is 101 Å². The van der Waals surface area contributed by atoms with Gasteiger partial charge in [-0.25, -0.2) is 0 Å². The number of ether oxygens (including phenoxy) is 1. The van der Waals surface area contributed by atoms with Crippen LogP contribution in [-0.2, 0) is 31.3 Å². The molecule has 0 saturated carbocycles. The van der Waals surface area contributed by atoms with Crippen LogP contribution in [0.5, 0.6) is 5.75 Å². The number of carbonyl (C=O) groups excluding carboxylic acids is 2. The van der Waals surface area contributed by atoms with Gasteiger partial charge in [-0.1, -0.05) is 76.3 Å². The molecule has 0 bridgehead atoms. The third kappa shape index (κ3) is 7.85. The second kappa shape index (κ2) is 15.3. The lowest BCUT2D eigenvalue weighted by Crippen LogP contribution is -2.45. The Morgan fingerprint density at radius 1 is 0.922 bits per heavy atom. The van der Waals surface area contributed by atoms with Crippen LogP contribution in [0.4, 0.5) is 17.1 Å². The Morgan fingerprint density at radius 3 is 2.31 bits per heavy atom. The van der Waals surface area contributed by atoms with E-state index in [-0.39, 0.29) is 22.6 Å². The molecule has 2 atom stereocenters. The molecule has 1 N–H and O–H groups in total. The van der Waals surface area contributed by atoms with Gasteiger partial charge in [0.15, 0.2) is 11.1 Å². The van der Waals surface area contributed by atoms with E-state index in [0.717, 1.165) is 50.2 Å². The minimum Gasteiger partial charge on any atom is -0.493 e. The highest BCUT2D eigenvalue weighted by atomic mass is 32.2. The molecule has 0 spiro atoms. The molecule has 1 unspecified atom stereocenters. The number of anilines is 3. The molecule has 0 radical (unpaired) electrons. The Bertz CT molecular complexity index is 1820. The summed E-state index contributed by atoms with van der Waals surface area (Å²) in [5, 5.41) is 16.9. The molecule has 51 heavy (non-hydrogen) atoms. The number of nitrogens with zero attached hydrogens (tertiary/aromatic N) is 7. The van der Waals surface area contributed by atoms with Crippen LogP contribution in [0.1, 0.15) is 91.2 Å². The van der Waals surface area contributed by atoms with E-state index >= 15 is 0 Å². The molecular weight excluding hydrogens is 661 g/mol. The number of nitrogens with one attached hydrogen (secondary N) is 1. The van der Waals surface area contributed by atoms with Gasteiger partial charge >= 0.3 is 0 Å². The van der Waals surface area contributed by atoms with E-state index in [1.165, 1.54) is 16.1 Å². The molecule has 0 aromatic heterocycles. The highest BCUT2D eigenvalue weighted by Gasteiger charge is 2.46. The van der Waals surface area contributed by atoms with Gasteiger partial charge in [0.1, 0.15) is 5.75 Å². The number of hydrazone groups is 1. The molecule has 3 aliphatic rings. The largest absolute Gasteiger partial charge is 0.493 e. The number of amidine groups is 1. The van der Waals surface area contributed by atoms with Crippen molar-refractivity contribution in [3.05, 3.63) is 83.9 Å². The van der Waals surface area contributed by atoms with Crippen LogP contribution in [0.2, 0.25) is 0 Å². The number of amides is 2. The van der Waals surface area contributed by atoms with Crippen molar-refractivity contribution in [1.29, 1.82) is 0 Å². The van der Waals surface area contributed by atoms with Crippen molar-refractivity contribution in [2.24, 2.45) is 20.0 Å². The molecule has 12 heteroatoms. The second-order valence-corrected chi connectivity index (χ2v) is 16.1. The average Bonchev–Trinajstić information content (AvgIpc) is 3.92. The van der Waals surface area contributed by atoms with Gasteiger partial charge in [-0.15, -0.1) is 5.10 Å². The molecule has 3 aliphatic heterocycles. The summed E-state index contributed by atoms with van der Waals surface area (Å²) in [5.74, 6) is 1.32. The molecule has 2 amide bonds. The fourth-order valence-electron chi connectivity index (χ4n) is 6.32. The highest BCUT2D eigenvalue weighted by Crippen LogP contribution is 2.39. The minimum absolute atomic E-state index is 0.0271. The first-order valence-corrected chi connectivity index (χ1v) is 19.3. The highest BCUT2D eigenvalue weighted by molar-refractivity contribution is 7.91. The summed E-state index contributed by atoms with van der Waals surface area (Å²) in [5.41, 5.74) is 4.68. The molecule has 3 heterocycles. The maximum atomic E-state index is 14.1. The third-order valence-electron chi connectivity index (χ3n) is 10.4. The predicted molar refractivity (Wildman–Crippen MR) is 206 cm³/mol. The normalized spacial score (nSPS) is 19.1. The third-order valence-corrected chi connectivity index (χ3v) is 12.1. The first kappa shape index (κ1) is 36.2. The van der Waals surface area contributed by atoms with Gasteiger partial charge < -0.3 is 15.0 Å². The van der Waals surface area contributed by atoms with Crippen molar-refractivity contribution in [3.8, 4) is 5.75 Å². The second-order valence-electron chi connectivity index (χ2n) is 14.6. The lowest BCUT2D eigenvalue weighted by Gasteiger charge is -2.30. The number of rotatable bonds is 13. The van der Waals surface area contributed by atoms with E-state index in [2.05, 4.69) is 84.9 Å². The number of hydrogen-bond donors (Lipinski definition) is 1. The summed E-state index contributed by atoms with van der Waals surface area (Å²) in [6, 6.07) is 23.4. The summed E-state index contributed by atoms with van der Waals surface area (Å²) in [6.07, 6.45) is 5.05. The maximum absolute atomic E-state index is 14.1. The van der Waals surface area contributed by atoms with Crippen LogP contribution in [-0.4, -0.2) is 47.5 Å². The molecule has 6 rings (SSSR count). The smallest absolute Gasteiger partial charge is 0.271 e. The van der Waals surface area contributed by atoms with Gasteiger partial charge in [0.05, 0.1) is 28.9 Å². The fraction of sp³-hybridized carbons (Fsp3) is 0.462. The number of likely N-dealkylation sites (tertiary alicyclic amines) is 1. The van der Waals surface area contributed by atoms with Crippen LogP contribution in [0.3, 0.4) is 0 Å². The lowest BCUT2D eigenvalue weighted by molar-refractivity contribution is -0.117. The monoisotopic (exact) mass is 710 g/mol. The first-order chi connectivity index (χ1) is 24.5. The maximum Gasteiger partial charge on any atom is 0.271 e. The Kier molecular flexibility index (Phi) is 10.9. The Morgan fingerprint density at radius 2 is 1.63 bits per heavy atom. The van der Waals surface area contributed by atoms with Gasteiger partial charge in [0.25, 0.3) is 5.91 Å². The quantitative estimate of drug-likeness (QED) is 0.179. The molecule has 270 valence electrons. The van der Waals surface area contributed by atoms with Gasteiger partial charge in [0, 0.05) is 30.8 Å². The summed E-state index contributed by atoms with van der Waals surface area (Å²) >= 11 is 0. The van der Waals surface area contributed by atoms with E-state index in [4.69, 9.17) is 9.84 Å². The van der Waals surface area contributed by atoms with Crippen molar-refractivity contribution in [1.82, 2.24) is 4.90 Å². The van der Waals surface area contributed by atoms with Crippen molar-refractivity contribution in [3.63, 3.8) is 0 Å². The van der Waals surface area contributed by atoms with Gasteiger partial charge in [-0.2, -0.15) is 9.42 Å². The first-order valence-electron chi connectivity index (χ1n) is 18.1. The molecule has 1 saturated heterocycles. The lowest BCUT2D eigenvalue weighted by atomic mass is 9.76. The van der Waals surface area contributed by atoms with Crippen molar-refractivity contribution in [2.75, 3.05) is 34.4 Å². The van der Waals surface area contributed by atoms with Gasteiger partial charge in [0.2, 0.25) is 5.91 Å². The van der Waals surface area contributed by atoms with E-state index in [9.17, 15) is 9.59 Å². The zero-order valence-electron chi connectivity index (χ0n) is 30.6. The SMILES string of the molecule is CCC(C)(C)c1ccc(OCCCC(=O)Nc2ccc(N3N=C(N4CCCC4)[C@H](S4=NN=NN4c4ccccc4)C3=O)cc2)c(C(C)(C)CC)c1. The minimum atomic E-state index is -0.989. The van der Waals surface area contributed by atoms with E-state index in [1.54, 1.807) is 16.5 Å². The standard InChI is InChI=1S/C39H50N8O3S/c1-7-38(3,4)28-18-23-33(32(27-28)39(5,6)8-2)50-26-14-17-34(48)40-29-19-21-30(22-20-29)46-37(49)35(36(41-46)45-24-12-13-25-45)51-44-42-43-47(51)31-15-10-9-11-16-31/h9-11,15-16,18-23,27,35H,7-8,12-14,17,24-26H2,1-6H3,(H,40,48)/t35-,51?/m0/s1. The predicted octanol–water partition coefficient (Wildman–Crippen LogP) is 8.50. The van der Waals surface area contributed by atoms with Crippen LogP contribution in [0.15, 0.2) is 92.8 Å². The van der Waals surface area contributed by atoms with Crippen molar-refractivity contribution in [2.45, 2.75) is 96.1 Å². The Labute approximate surface area is 304 Å². The van der Waals surface area contributed by atoms with Crippen molar-refractivity contribution < 1.29 is 14.3 Å². The zero-order valence-corrected chi connectivity index (χ0v) is 31.4. The molecule has 3 aromatic carbocycles. The Balaban J connectivity index is 1.07. The van der Waals surface area contributed by atoms with E-state index in [0.29, 0.717) is 36.7 Å². The number of para-hydroxylation sites is 1. The zero-order chi connectivity index (χ0) is 36.2. The van der Waals surface area contributed by atoms with Crippen molar-refractivity contribution >= 4 is 45.6 Å². The molecule has 0 aliphatic carbocycles. The van der Waals surface area contributed by atoms with Crippen LogP contribution < -0.4 is 19.5 Å². The van der Waals surface area contributed by atoms with Gasteiger partial charge in [-0.3, -0.25) is 9.59 Å². The van der Waals surface area contributed by atoms with Crippen LogP contribution in [0.25, 0.3) is 0 Å². The fourth-order valence-corrected chi connectivity index (χ4v) is 7.90. The topological polar surface area (TPSA) is 115 Å². The molecular formula is C39H50N8O3S. The summed E-state index contributed by atoms with van der Waals surface area (Å²) in [6.45, 7) is 15.6. The summed E-state index contributed by atoms with van der Waals surface area (Å²) in [4.78, 5) is 29.2. The summed E-state index contributed by atoms with van der Waals surface area (Å²) in [7, 11) is -0.989. The van der Waals surface area contributed by atoms with Crippen LogP contribution >= 0.6 is 0 Å². The van der Waals surface area contributed by atoms with E-state index in [1.807, 2.05) is 42.5 Å². The number of carbonyl (C=O) groups is 2. The van der Waals surface area contributed by atoms with E-state index < -0.39 is 16.1 Å². The molecule has 11 nitrogen and oxygen atoms in total. The van der Waals surface area contributed by atoms with Crippen LogP contribution in [0, 0.1) is 0 Å². The Hall–Kier alpha value is -4.58.